The van der Waals surface area contributed by atoms with Crippen molar-refractivity contribution in [1.82, 2.24) is 4.90 Å². The fraction of sp³-hybridized carbons (Fsp3) is 0.250. The van der Waals surface area contributed by atoms with E-state index < -0.39 is 0 Å². The van der Waals surface area contributed by atoms with Gasteiger partial charge in [0.15, 0.2) is 0 Å². The van der Waals surface area contributed by atoms with Crippen LogP contribution in [0.3, 0.4) is 0 Å². The SMILES string of the molecule is CN(CCc1ccccc1)Cc1cccc(O)c1. The summed E-state index contributed by atoms with van der Waals surface area (Å²) in [6, 6.07) is 17.9. The Labute approximate surface area is 109 Å². The minimum atomic E-state index is 0.337. The number of hydrogen-bond acceptors (Lipinski definition) is 2. The lowest BCUT2D eigenvalue weighted by Crippen LogP contribution is -2.20. The van der Waals surface area contributed by atoms with Gasteiger partial charge in [-0.05, 0) is 36.7 Å². The normalized spacial score (nSPS) is 10.8. The van der Waals surface area contributed by atoms with Crippen LogP contribution in [0.1, 0.15) is 11.1 Å². The Hall–Kier alpha value is -1.80. The van der Waals surface area contributed by atoms with Crippen molar-refractivity contribution in [3.05, 3.63) is 65.7 Å². The maximum Gasteiger partial charge on any atom is 0.115 e. The van der Waals surface area contributed by atoms with Crippen molar-refractivity contribution in [2.45, 2.75) is 13.0 Å². The highest BCUT2D eigenvalue weighted by Gasteiger charge is 2.01. The molecule has 0 fully saturated rings. The average Bonchev–Trinajstić information content (AvgIpc) is 2.38. The maximum atomic E-state index is 9.42. The summed E-state index contributed by atoms with van der Waals surface area (Å²) in [7, 11) is 2.10. The Morgan fingerprint density at radius 1 is 0.944 bits per heavy atom. The summed E-state index contributed by atoms with van der Waals surface area (Å²) in [5, 5.41) is 9.42. The molecule has 0 spiro atoms. The molecule has 2 aromatic carbocycles. The Bertz CT molecular complexity index is 481. The summed E-state index contributed by atoms with van der Waals surface area (Å²) in [6.45, 7) is 1.88. The van der Waals surface area contributed by atoms with E-state index in [0.717, 1.165) is 25.1 Å². The molecule has 0 aliphatic heterocycles. The fourth-order valence-corrected chi connectivity index (χ4v) is 2.01. The molecule has 0 aromatic heterocycles. The third-order valence-corrected chi connectivity index (χ3v) is 2.99. The average molecular weight is 241 g/mol. The van der Waals surface area contributed by atoms with Crippen molar-refractivity contribution in [1.29, 1.82) is 0 Å². The molecule has 0 radical (unpaired) electrons. The number of aromatic hydroxyl groups is 1. The van der Waals surface area contributed by atoms with Crippen LogP contribution in [0.25, 0.3) is 0 Å². The Balaban J connectivity index is 1.84. The van der Waals surface area contributed by atoms with Gasteiger partial charge in [-0.3, -0.25) is 0 Å². The lowest BCUT2D eigenvalue weighted by molar-refractivity contribution is 0.330. The zero-order valence-corrected chi connectivity index (χ0v) is 10.7. The molecule has 2 aromatic rings. The first-order chi connectivity index (χ1) is 8.74. The van der Waals surface area contributed by atoms with E-state index in [2.05, 4.69) is 36.2 Å². The van der Waals surface area contributed by atoms with Crippen LogP contribution in [0.4, 0.5) is 0 Å². The third-order valence-electron chi connectivity index (χ3n) is 2.99. The third kappa shape index (κ3) is 3.90. The second-order valence-corrected chi connectivity index (χ2v) is 4.64. The Morgan fingerprint density at radius 3 is 2.39 bits per heavy atom. The van der Waals surface area contributed by atoms with Gasteiger partial charge < -0.3 is 10.0 Å². The minimum absolute atomic E-state index is 0.337. The number of likely N-dealkylation sites (N-methyl/N-ethyl adjacent to an activating group) is 1. The van der Waals surface area contributed by atoms with Gasteiger partial charge in [-0.15, -0.1) is 0 Å². The molecule has 0 aliphatic rings. The molecule has 0 unspecified atom stereocenters. The van der Waals surface area contributed by atoms with Crippen LogP contribution in [0.2, 0.25) is 0 Å². The maximum absolute atomic E-state index is 9.42. The van der Waals surface area contributed by atoms with Crippen LogP contribution in [-0.2, 0) is 13.0 Å². The molecule has 0 amide bonds. The summed E-state index contributed by atoms with van der Waals surface area (Å²) in [4.78, 5) is 2.27. The van der Waals surface area contributed by atoms with Crippen molar-refractivity contribution in [2.75, 3.05) is 13.6 Å². The molecule has 18 heavy (non-hydrogen) atoms. The molecule has 2 rings (SSSR count). The predicted octanol–water partition coefficient (Wildman–Crippen LogP) is 3.07. The van der Waals surface area contributed by atoms with E-state index in [0.29, 0.717) is 5.75 Å². The summed E-state index contributed by atoms with van der Waals surface area (Å²) in [6.07, 6.45) is 1.05. The van der Waals surface area contributed by atoms with E-state index in [4.69, 9.17) is 0 Å². The van der Waals surface area contributed by atoms with Gasteiger partial charge >= 0.3 is 0 Å². The van der Waals surface area contributed by atoms with Gasteiger partial charge in [0.1, 0.15) is 5.75 Å². The summed E-state index contributed by atoms with van der Waals surface area (Å²) in [5.41, 5.74) is 2.51. The number of rotatable bonds is 5. The molecule has 94 valence electrons. The monoisotopic (exact) mass is 241 g/mol. The number of benzene rings is 2. The number of phenols is 1. The van der Waals surface area contributed by atoms with E-state index in [1.54, 1.807) is 6.07 Å². The van der Waals surface area contributed by atoms with Crippen LogP contribution in [-0.4, -0.2) is 23.6 Å². The molecular formula is C16H19NO. The topological polar surface area (TPSA) is 23.5 Å². The second kappa shape index (κ2) is 6.22. The van der Waals surface area contributed by atoms with E-state index in [1.807, 2.05) is 24.3 Å². The molecule has 0 aliphatic carbocycles. The standard InChI is InChI=1S/C16H19NO/c1-17(11-10-14-6-3-2-4-7-14)13-15-8-5-9-16(18)12-15/h2-9,12,18H,10-11,13H2,1H3. The molecule has 2 nitrogen and oxygen atoms in total. The van der Waals surface area contributed by atoms with Gasteiger partial charge in [-0.2, -0.15) is 0 Å². The molecule has 0 bridgehead atoms. The first kappa shape index (κ1) is 12.7. The number of hydrogen-bond donors (Lipinski definition) is 1. The van der Waals surface area contributed by atoms with Crippen LogP contribution < -0.4 is 0 Å². The summed E-state index contributed by atoms with van der Waals surface area (Å²) >= 11 is 0. The fourth-order valence-electron chi connectivity index (χ4n) is 2.01. The largest absolute Gasteiger partial charge is 0.508 e. The first-order valence-corrected chi connectivity index (χ1v) is 6.24. The second-order valence-electron chi connectivity index (χ2n) is 4.64. The number of phenolic OH excluding ortho intramolecular Hbond substituents is 1. The molecule has 0 saturated carbocycles. The zero-order chi connectivity index (χ0) is 12.8. The summed E-state index contributed by atoms with van der Waals surface area (Å²) < 4.78 is 0. The smallest absolute Gasteiger partial charge is 0.115 e. The molecule has 0 saturated heterocycles. The van der Waals surface area contributed by atoms with Crippen molar-refractivity contribution >= 4 is 0 Å². The van der Waals surface area contributed by atoms with E-state index >= 15 is 0 Å². The van der Waals surface area contributed by atoms with Crippen LogP contribution in [0.15, 0.2) is 54.6 Å². The van der Waals surface area contributed by atoms with Crippen molar-refractivity contribution in [2.24, 2.45) is 0 Å². The van der Waals surface area contributed by atoms with Gasteiger partial charge in [0.05, 0.1) is 0 Å². The van der Waals surface area contributed by atoms with Gasteiger partial charge in [0, 0.05) is 13.1 Å². The van der Waals surface area contributed by atoms with E-state index in [1.165, 1.54) is 5.56 Å². The minimum Gasteiger partial charge on any atom is -0.508 e. The van der Waals surface area contributed by atoms with Gasteiger partial charge in [-0.1, -0.05) is 42.5 Å². The van der Waals surface area contributed by atoms with Crippen LogP contribution >= 0.6 is 0 Å². The lowest BCUT2D eigenvalue weighted by atomic mass is 10.1. The van der Waals surface area contributed by atoms with E-state index in [9.17, 15) is 5.11 Å². The van der Waals surface area contributed by atoms with E-state index in [-0.39, 0.29) is 0 Å². The van der Waals surface area contributed by atoms with Crippen molar-refractivity contribution < 1.29 is 5.11 Å². The molecule has 0 atom stereocenters. The lowest BCUT2D eigenvalue weighted by Gasteiger charge is -2.16. The van der Waals surface area contributed by atoms with Crippen LogP contribution in [0.5, 0.6) is 5.75 Å². The first-order valence-electron chi connectivity index (χ1n) is 6.24. The quantitative estimate of drug-likeness (QED) is 0.869. The van der Waals surface area contributed by atoms with Gasteiger partial charge in [0.2, 0.25) is 0 Å². The Kier molecular flexibility index (Phi) is 4.37. The highest BCUT2D eigenvalue weighted by Crippen LogP contribution is 2.12. The molecule has 2 heteroatoms. The molecule has 1 N–H and O–H groups in total. The summed E-state index contributed by atoms with van der Waals surface area (Å²) in [5.74, 6) is 0.337. The Morgan fingerprint density at radius 2 is 1.67 bits per heavy atom. The van der Waals surface area contributed by atoms with Crippen molar-refractivity contribution in [3.8, 4) is 5.75 Å². The van der Waals surface area contributed by atoms with Crippen molar-refractivity contribution in [3.63, 3.8) is 0 Å². The number of nitrogens with zero attached hydrogens (tertiary/aromatic N) is 1. The highest BCUT2D eigenvalue weighted by atomic mass is 16.3. The molecule has 0 heterocycles. The highest BCUT2D eigenvalue weighted by molar-refractivity contribution is 5.27. The zero-order valence-electron chi connectivity index (χ0n) is 10.7. The van der Waals surface area contributed by atoms with Gasteiger partial charge in [-0.25, -0.2) is 0 Å². The van der Waals surface area contributed by atoms with Crippen LogP contribution in [0, 0.1) is 0 Å². The molecular weight excluding hydrogens is 222 g/mol. The van der Waals surface area contributed by atoms with Gasteiger partial charge in [0.25, 0.3) is 0 Å². The predicted molar refractivity (Wildman–Crippen MR) is 74.6 cm³/mol.